The van der Waals surface area contributed by atoms with Gasteiger partial charge in [0.1, 0.15) is 11.2 Å². The standard InChI is InChI=1S/C18H18ClN5O3S/c1-12-3-8-16(21-13(2)25)17(9-12)28(26,27)23-18-20-11-24(22-18)10-14-4-6-15(19)7-5-14/h3-9,11H,10H2,1-2H3,(H,21,25)(H,22,23). The molecule has 1 heterocycles. The first-order valence-corrected chi connectivity index (χ1v) is 10.1. The third-order valence-corrected chi connectivity index (χ3v) is 5.38. The molecule has 0 aliphatic carbocycles. The minimum atomic E-state index is -4.00. The highest BCUT2D eigenvalue weighted by molar-refractivity contribution is 7.92. The van der Waals surface area contributed by atoms with Gasteiger partial charge in [-0.25, -0.2) is 17.8 Å². The largest absolute Gasteiger partial charge is 0.325 e. The van der Waals surface area contributed by atoms with Crippen molar-refractivity contribution in [3.8, 4) is 0 Å². The first-order chi connectivity index (χ1) is 13.2. The third-order valence-electron chi connectivity index (χ3n) is 3.76. The second-order valence-corrected chi connectivity index (χ2v) is 8.27. The third kappa shape index (κ3) is 4.87. The number of aromatic nitrogens is 3. The van der Waals surface area contributed by atoms with Gasteiger partial charge in [-0.15, -0.1) is 5.10 Å². The Balaban J connectivity index is 1.82. The Hall–Kier alpha value is -2.91. The quantitative estimate of drug-likeness (QED) is 0.638. The lowest BCUT2D eigenvalue weighted by molar-refractivity contribution is -0.114. The van der Waals surface area contributed by atoms with Crippen LogP contribution < -0.4 is 10.0 Å². The van der Waals surface area contributed by atoms with Crippen LogP contribution in [0.3, 0.4) is 0 Å². The highest BCUT2D eigenvalue weighted by atomic mass is 35.5. The lowest BCUT2D eigenvalue weighted by Crippen LogP contribution is -2.18. The molecule has 0 spiro atoms. The molecule has 0 bridgehead atoms. The van der Waals surface area contributed by atoms with Gasteiger partial charge in [0, 0.05) is 11.9 Å². The first-order valence-electron chi connectivity index (χ1n) is 8.28. The second-order valence-electron chi connectivity index (χ2n) is 6.18. The Morgan fingerprint density at radius 2 is 1.89 bits per heavy atom. The van der Waals surface area contributed by atoms with Gasteiger partial charge in [0.2, 0.25) is 5.91 Å². The maximum absolute atomic E-state index is 12.8. The first kappa shape index (κ1) is 19.8. The van der Waals surface area contributed by atoms with Gasteiger partial charge in [-0.05, 0) is 42.3 Å². The summed E-state index contributed by atoms with van der Waals surface area (Å²) in [6, 6.07) is 11.9. The van der Waals surface area contributed by atoms with Crippen LogP contribution in [0.2, 0.25) is 5.02 Å². The van der Waals surface area contributed by atoms with E-state index in [1.807, 2.05) is 12.1 Å². The van der Waals surface area contributed by atoms with Gasteiger partial charge >= 0.3 is 0 Å². The van der Waals surface area contributed by atoms with E-state index in [-0.39, 0.29) is 22.4 Å². The Morgan fingerprint density at radius 1 is 1.18 bits per heavy atom. The van der Waals surface area contributed by atoms with E-state index in [4.69, 9.17) is 11.6 Å². The van der Waals surface area contributed by atoms with E-state index in [0.29, 0.717) is 11.6 Å². The molecule has 0 atom stereocenters. The molecule has 28 heavy (non-hydrogen) atoms. The fraction of sp³-hybridized carbons (Fsp3) is 0.167. The van der Waals surface area contributed by atoms with Crippen molar-refractivity contribution in [1.82, 2.24) is 14.8 Å². The number of hydrogen-bond donors (Lipinski definition) is 2. The SMILES string of the molecule is CC(=O)Nc1ccc(C)cc1S(=O)(=O)Nc1ncn(Cc2ccc(Cl)cc2)n1. The van der Waals surface area contributed by atoms with Crippen molar-refractivity contribution in [3.05, 3.63) is 64.9 Å². The molecule has 0 fully saturated rings. The smallest absolute Gasteiger partial charge is 0.266 e. The molecule has 0 aliphatic rings. The molecule has 0 unspecified atom stereocenters. The van der Waals surface area contributed by atoms with Crippen LogP contribution >= 0.6 is 11.6 Å². The van der Waals surface area contributed by atoms with Gasteiger partial charge in [0.15, 0.2) is 0 Å². The van der Waals surface area contributed by atoms with Crippen molar-refractivity contribution in [2.24, 2.45) is 0 Å². The number of anilines is 2. The molecule has 2 aromatic carbocycles. The lowest BCUT2D eigenvalue weighted by Gasteiger charge is -2.11. The van der Waals surface area contributed by atoms with Gasteiger partial charge in [-0.2, -0.15) is 4.98 Å². The molecule has 0 radical (unpaired) electrons. The van der Waals surface area contributed by atoms with Crippen LogP contribution in [0.1, 0.15) is 18.1 Å². The molecule has 8 nitrogen and oxygen atoms in total. The number of halogens is 1. The molecular formula is C18H18ClN5O3S. The van der Waals surface area contributed by atoms with Gasteiger partial charge in [-0.3, -0.25) is 4.79 Å². The van der Waals surface area contributed by atoms with E-state index in [1.165, 1.54) is 30.1 Å². The minimum absolute atomic E-state index is 0.0586. The van der Waals surface area contributed by atoms with Gasteiger partial charge in [-0.1, -0.05) is 29.8 Å². The number of nitrogens with one attached hydrogen (secondary N) is 2. The number of sulfonamides is 1. The fourth-order valence-electron chi connectivity index (χ4n) is 2.51. The number of hydrogen-bond acceptors (Lipinski definition) is 5. The zero-order valence-electron chi connectivity index (χ0n) is 15.2. The summed E-state index contributed by atoms with van der Waals surface area (Å²) in [6.07, 6.45) is 1.43. The van der Waals surface area contributed by atoms with Crippen LogP contribution in [-0.4, -0.2) is 29.1 Å². The molecule has 1 aromatic heterocycles. The molecule has 3 aromatic rings. The summed E-state index contributed by atoms with van der Waals surface area (Å²) in [5, 5.41) is 7.30. The van der Waals surface area contributed by atoms with Gasteiger partial charge < -0.3 is 5.32 Å². The Labute approximate surface area is 167 Å². The highest BCUT2D eigenvalue weighted by Gasteiger charge is 2.21. The molecule has 3 rings (SSSR count). The van der Waals surface area contributed by atoms with Crippen LogP contribution in [-0.2, 0) is 21.4 Å². The zero-order chi connectivity index (χ0) is 20.3. The van der Waals surface area contributed by atoms with Gasteiger partial charge in [0.25, 0.3) is 16.0 Å². The van der Waals surface area contributed by atoms with Crippen molar-refractivity contribution in [2.45, 2.75) is 25.3 Å². The molecule has 0 aliphatic heterocycles. The van der Waals surface area contributed by atoms with Gasteiger partial charge in [0.05, 0.1) is 12.2 Å². The summed E-state index contributed by atoms with van der Waals surface area (Å²) >= 11 is 5.87. The molecule has 146 valence electrons. The van der Waals surface area contributed by atoms with Crippen molar-refractivity contribution in [2.75, 3.05) is 10.0 Å². The lowest BCUT2D eigenvalue weighted by atomic mass is 10.2. The van der Waals surface area contributed by atoms with Crippen LogP contribution in [0, 0.1) is 6.92 Å². The average molecular weight is 420 g/mol. The predicted molar refractivity (Wildman–Crippen MR) is 107 cm³/mol. The molecule has 0 saturated heterocycles. The van der Waals surface area contributed by atoms with E-state index < -0.39 is 10.0 Å². The summed E-state index contributed by atoms with van der Waals surface area (Å²) in [5.41, 5.74) is 1.86. The van der Waals surface area contributed by atoms with Crippen molar-refractivity contribution >= 4 is 39.2 Å². The second kappa shape index (κ2) is 7.99. The summed E-state index contributed by atoms with van der Waals surface area (Å²) in [6.45, 7) is 3.48. The topological polar surface area (TPSA) is 106 Å². The highest BCUT2D eigenvalue weighted by Crippen LogP contribution is 2.24. The van der Waals surface area contributed by atoms with Crippen LogP contribution in [0.15, 0.2) is 53.7 Å². The number of aryl methyl sites for hydroxylation is 1. The summed E-state index contributed by atoms with van der Waals surface area (Å²) in [5.74, 6) is -0.435. The summed E-state index contributed by atoms with van der Waals surface area (Å²) < 4.78 is 29.4. The summed E-state index contributed by atoms with van der Waals surface area (Å²) in [7, 11) is -4.00. The van der Waals surface area contributed by atoms with E-state index >= 15 is 0 Å². The van der Waals surface area contributed by atoms with E-state index in [0.717, 1.165) is 11.1 Å². The Bertz CT molecular complexity index is 1110. The van der Waals surface area contributed by atoms with Crippen LogP contribution in [0.4, 0.5) is 11.6 Å². The molecule has 0 saturated carbocycles. The van der Waals surface area contributed by atoms with Crippen molar-refractivity contribution in [1.29, 1.82) is 0 Å². The Kier molecular flexibility index (Phi) is 5.66. The van der Waals surface area contributed by atoms with E-state index in [2.05, 4.69) is 20.1 Å². The zero-order valence-corrected chi connectivity index (χ0v) is 16.8. The molecular weight excluding hydrogens is 402 g/mol. The molecule has 10 heteroatoms. The van der Waals surface area contributed by atoms with E-state index in [9.17, 15) is 13.2 Å². The van der Waals surface area contributed by atoms with Crippen molar-refractivity contribution < 1.29 is 13.2 Å². The summed E-state index contributed by atoms with van der Waals surface area (Å²) in [4.78, 5) is 15.3. The van der Waals surface area contributed by atoms with E-state index in [1.54, 1.807) is 25.1 Å². The maximum atomic E-state index is 12.8. The molecule has 2 N–H and O–H groups in total. The minimum Gasteiger partial charge on any atom is -0.325 e. The number of carbonyl (C=O) groups is 1. The Morgan fingerprint density at radius 3 is 2.57 bits per heavy atom. The normalized spacial score (nSPS) is 11.2. The van der Waals surface area contributed by atoms with Crippen LogP contribution in [0.25, 0.3) is 0 Å². The number of benzene rings is 2. The maximum Gasteiger partial charge on any atom is 0.266 e. The number of rotatable bonds is 6. The fourth-order valence-corrected chi connectivity index (χ4v) is 3.83. The number of amides is 1. The number of nitrogens with zero attached hydrogens (tertiary/aromatic N) is 3. The van der Waals surface area contributed by atoms with Crippen molar-refractivity contribution in [3.63, 3.8) is 0 Å². The number of carbonyl (C=O) groups excluding carboxylic acids is 1. The monoisotopic (exact) mass is 419 g/mol. The molecule has 1 amide bonds. The van der Waals surface area contributed by atoms with Crippen LogP contribution in [0.5, 0.6) is 0 Å². The predicted octanol–water partition coefficient (Wildman–Crippen LogP) is 3.05. The average Bonchev–Trinajstić information content (AvgIpc) is 3.04.